The molecule has 1 N–H and O–H groups in total. The minimum atomic E-state index is -4.26. The van der Waals surface area contributed by atoms with Crippen LogP contribution in [0, 0.1) is 0 Å². The van der Waals surface area contributed by atoms with Gasteiger partial charge in [-0.2, -0.15) is 0 Å². The topological polar surface area (TPSA) is 96.0 Å². The van der Waals surface area contributed by atoms with Crippen molar-refractivity contribution in [2.75, 3.05) is 18.0 Å². The molecule has 0 aliphatic carbocycles. The molecule has 242 valence electrons. The third-order valence-corrected chi connectivity index (χ3v) is 9.40. The highest BCUT2D eigenvalue weighted by Crippen LogP contribution is 2.32. The van der Waals surface area contributed by atoms with Gasteiger partial charge in [-0.3, -0.25) is 13.9 Å². The van der Waals surface area contributed by atoms with E-state index in [4.69, 9.17) is 27.9 Å². The second-order valence-corrected chi connectivity index (χ2v) is 14.4. The predicted octanol–water partition coefficient (Wildman–Crippen LogP) is 6.75. The molecule has 0 radical (unpaired) electrons. The second-order valence-electron chi connectivity index (χ2n) is 11.7. The quantitative estimate of drug-likeness (QED) is 0.178. The van der Waals surface area contributed by atoms with Crippen molar-refractivity contribution >= 4 is 50.7 Å². The largest absolute Gasteiger partial charge is 0.495 e. The number of ether oxygens (including phenoxy) is 1. The fraction of sp³-hybridized carbons (Fsp3) is 0.257. The summed E-state index contributed by atoms with van der Waals surface area (Å²) in [5.74, 6) is -0.616. The normalized spacial score (nSPS) is 12.2. The highest BCUT2D eigenvalue weighted by molar-refractivity contribution is 7.92. The molecule has 8 nitrogen and oxygen atoms in total. The Hall–Kier alpha value is -4.05. The summed E-state index contributed by atoms with van der Waals surface area (Å²) < 4.78 is 34.5. The maximum absolute atomic E-state index is 14.5. The van der Waals surface area contributed by atoms with Crippen molar-refractivity contribution in [2.24, 2.45) is 0 Å². The van der Waals surface area contributed by atoms with Crippen molar-refractivity contribution in [3.8, 4) is 5.75 Å². The summed E-state index contributed by atoms with van der Waals surface area (Å²) >= 11 is 12.6. The molecule has 11 heteroatoms. The van der Waals surface area contributed by atoms with Crippen LogP contribution in [0.4, 0.5) is 5.69 Å². The van der Waals surface area contributed by atoms with E-state index in [1.807, 2.05) is 51.1 Å². The molecule has 0 aliphatic rings. The van der Waals surface area contributed by atoms with Gasteiger partial charge >= 0.3 is 0 Å². The van der Waals surface area contributed by atoms with E-state index in [-0.39, 0.29) is 34.5 Å². The van der Waals surface area contributed by atoms with Crippen LogP contribution in [0.1, 0.15) is 31.9 Å². The molecule has 4 rings (SSSR count). The number of benzene rings is 4. The van der Waals surface area contributed by atoms with Gasteiger partial charge in [0, 0.05) is 23.5 Å². The molecule has 0 aromatic heterocycles. The van der Waals surface area contributed by atoms with E-state index >= 15 is 0 Å². The van der Waals surface area contributed by atoms with Crippen LogP contribution in [0.25, 0.3) is 0 Å². The number of sulfonamides is 1. The Balaban J connectivity index is 1.83. The van der Waals surface area contributed by atoms with E-state index in [1.165, 1.54) is 42.3 Å². The molecule has 0 saturated heterocycles. The lowest BCUT2D eigenvalue weighted by molar-refractivity contribution is -0.140. The number of carbonyl (C=O) groups is 2. The first kappa shape index (κ1) is 34.8. The van der Waals surface area contributed by atoms with Gasteiger partial charge in [0.25, 0.3) is 10.0 Å². The first-order chi connectivity index (χ1) is 21.8. The molecule has 0 aliphatic heterocycles. The number of halogens is 2. The van der Waals surface area contributed by atoms with Crippen molar-refractivity contribution in [3.05, 3.63) is 124 Å². The molecular formula is C35H37Cl2N3O5S. The van der Waals surface area contributed by atoms with E-state index in [0.29, 0.717) is 16.3 Å². The monoisotopic (exact) mass is 681 g/mol. The maximum Gasteiger partial charge on any atom is 0.264 e. The van der Waals surface area contributed by atoms with Crippen LogP contribution in [-0.4, -0.2) is 50.4 Å². The minimum Gasteiger partial charge on any atom is -0.495 e. The van der Waals surface area contributed by atoms with Crippen LogP contribution in [0.3, 0.4) is 0 Å². The Kier molecular flexibility index (Phi) is 11.4. The Bertz CT molecular complexity index is 1750. The molecule has 4 aromatic rings. The van der Waals surface area contributed by atoms with E-state index in [0.717, 1.165) is 9.87 Å². The van der Waals surface area contributed by atoms with Crippen molar-refractivity contribution in [1.29, 1.82) is 0 Å². The lowest BCUT2D eigenvalue weighted by atomic mass is 10.0. The molecule has 0 heterocycles. The molecule has 0 bridgehead atoms. The number of hydrogen-bond donors (Lipinski definition) is 1. The first-order valence-corrected chi connectivity index (χ1v) is 16.8. The van der Waals surface area contributed by atoms with Gasteiger partial charge in [0.15, 0.2) is 0 Å². The highest BCUT2D eigenvalue weighted by atomic mass is 35.5. The van der Waals surface area contributed by atoms with Crippen LogP contribution in [0.15, 0.2) is 108 Å². The maximum atomic E-state index is 14.5. The van der Waals surface area contributed by atoms with E-state index in [1.54, 1.807) is 42.5 Å². The fourth-order valence-corrected chi connectivity index (χ4v) is 6.66. The summed E-state index contributed by atoms with van der Waals surface area (Å²) in [6.45, 7) is 4.99. The van der Waals surface area contributed by atoms with E-state index in [9.17, 15) is 18.0 Å². The van der Waals surface area contributed by atoms with Gasteiger partial charge in [-0.05, 0) is 74.4 Å². The molecule has 1 atom stereocenters. The van der Waals surface area contributed by atoms with E-state index < -0.39 is 34.1 Å². The summed E-state index contributed by atoms with van der Waals surface area (Å²) in [6, 6.07) is 27.6. The summed E-state index contributed by atoms with van der Waals surface area (Å²) in [5.41, 5.74) is 1.11. The van der Waals surface area contributed by atoms with Gasteiger partial charge in [0.05, 0.1) is 22.7 Å². The summed E-state index contributed by atoms with van der Waals surface area (Å²) in [6.07, 6.45) is 0.196. The second kappa shape index (κ2) is 15.0. The zero-order valence-electron chi connectivity index (χ0n) is 26.1. The first-order valence-electron chi connectivity index (χ1n) is 14.6. The van der Waals surface area contributed by atoms with Gasteiger partial charge in [0.1, 0.15) is 18.3 Å². The Morgan fingerprint density at radius 3 is 2.02 bits per heavy atom. The highest BCUT2D eigenvalue weighted by Gasteiger charge is 2.35. The predicted molar refractivity (Wildman–Crippen MR) is 183 cm³/mol. The number of amides is 2. The molecular weight excluding hydrogens is 645 g/mol. The molecule has 46 heavy (non-hydrogen) atoms. The third-order valence-electron chi connectivity index (χ3n) is 7.07. The number of nitrogens with one attached hydrogen (secondary N) is 1. The number of methoxy groups -OCH3 is 1. The van der Waals surface area contributed by atoms with Crippen LogP contribution in [-0.2, 0) is 32.6 Å². The van der Waals surface area contributed by atoms with Crippen molar-refractivity contribution in [1.82, 2.24) is 10.2 Å². The van der Waals surface area contributed by atoms with Gasteiger partial charge < -0.3 is 15.0 Å². The Labute approximate surface area is 280 Å². The zero-order valence-corrected chi connectivity index (χ0v) is 28.4. The Morgan fingerprint density at radius 2 is 1.46 bits per heavy atom. The number of anilines is 1. The molecule has 4 aromatic carbocycles. The van der Waals surface area contributed by atoms with Gasteiger partial charge in [-0.25, -0.2) is 8.42 Å². The number of nitrogens with zero attached hydrogens (tertiary/aromatic N) is 2. The van der Waals surface area contributed by atoms with Crippen molar-refractivity contribution < 1.29 is 22.7 Å². The van der Waals surface area contributed by atoms with Gasteiger partial charge in [-0.15, -0.1) is 0 Å². The van der Waals surface area contributed by atoms with Crippen LogP contribution < -0.4 is 14.4 Å². The van der Waals surface area contributed by atoms with Crippen LogP contribution >= 0.6 is 23.2 Å². The lowest BCUT2D eigenvalue weighted by Crippen LogP contribution is -2.56. The molecule has 0 unspecified atom stereocenters. The smallest absolute Gasteiger partial charge is 0.264 e. The molecule has 2 amide bonds. The average molecular weight is 683 g/mol. The lowest BCUT2D eigenvalue weighted by Gasteiger charge is -2.35. The van der Waals surface area contributed by atoms with E-state index in [2.05, 4.69) is 5.32 Å². The third kappa shape index (κ3) is 9.02. The summed E-state index contributed by atoms with van der Waals surface area (Å²) in [7, 11) is -2.81. The molecule has 0 spiro atoms. The average Bonchev–Trinajstić information content (AvgIpc) is 3.02. The van der Waals surface area contributed by atoms with Crippen LogP contribution in [0.2, 0.25) is 10.0 Å². The molecule has 0 saturated carbocycles. The number of hydrogen-bond acceptors (Lipinski definition) is 5. The molecule has 0 fully saturated rings. The number of carbonyl (C=O) groups excluding carboxylic acids is 2. The van der Waals surface area contributed by atoms with Crippen molar-refractivity contribution in [3.63, 3.8) is 0 Å². The number of rotatable bonds is 12. The standard InChI is InChI=1S/C35H37Cl2N3O5S/c1-35(2,3)38-34(42)31(21-25-11-7-5-8-12-25)39(23-26-15-17-27(36)18-16-26)33(41)24-40(28-19-20-32(45-4)30(37)22-28)46(43,44)29-13-9-6-10-14-29/h5-20,22,31H,21,23-24H2,1-4H3,(H,38,42)/t31-/m0/s1. The Morgan fingerprint density at radius 1 is 0.848 bits per heavy atom. The fourth-order valence-electron chi connectivity index (χ4n) is 4.85. The SMILES string of the molecule is COc1ccc(N(CC(=O)N(Cc2ccc(Cl)cc2)[C@@H](Cc2ccccc2)C(=O)NC(C)(C)C)S(=O)(=O)c2ccccc2)cc1Cl. The van der Waals surface area contributed by atoms with Crippen molar-refractivity contribution in [2.45, 2.75) is 50.2 Å². The van der Waals surface area contributed by atoms with Gasteiger partial charge in [0.2, 0.25) is 11.8 Å². The summed E-state index contributed by atoms with van der Waals surface area (Å²) in [4.78, 5) is 29.9. The minimum absolute atomic E-state index is 0.00898. The zero-order chi connectivity index (χ0) is 33.5. The van der Waals surface area contributed by atoms with Gasteiger partial charge in [-0.1, -0.05) is 83.9 Å². The van der Waals surface area contributed by atoms with Crippen LogP contribution in [0.5, 0.6) is 5.75 Å². The summed E-state index contributed by atoms with van der Waals surface area (Å²) in [5, 5.41) is 3.70.